The van der Waals surface area contributed by atoms with Crippen molar-refractivity contribution in [1.29, 1.82) is 0 Å². The number of sulfone groups is 1. The molecule has 106 valence electrons. The van der Waals surface area contributed by atoms with Gasteiger partial charge in [0.25, 0.3) is 0 Å². The molecule has 1 heterocycles. The maximum atomic E-state index is 12.3. The Morgan fingerprint density at radius 3 is 2.70 bits per heavy atom. The number of aromatic carboxylic acids is 1. The number of carboxylic acids is 1. The molecule has 0 fully saturated rings. The van der Waals surface area contributed by atoms with Crippen LogP contribution in [0.15, 0.2) is 33.8 Å². The number of aryl methyl sites for hydroxylation is 1. The van der Waals surface area contributed by atoms with Crippen molar-refractivity contribution in [3.8, 4) is 0 Å². The Morgan fingerprint density at radius 2 is 2.15 bits per heavy atom. The molecule has 20 heavy (non-hydrogen) atoms. The number of benzene rings is 1. The summed E-state index contributed by atoms with van der Waals surface area (Å²) < 4.78 is 26.5. The maximum absolute atomic E-state index is 12.3. The number of carboxylic acid groups (broad SMARTS) is 1. The van der Waals surface area contributed by atoms with E-state index in [2.05, 4.69) is 26.2 Å². The van der Waals surface area contributed by atoms with Crippen LogP contribution >= 0.6 is 15.9 Å². The molecule has 0 aliphatic rings. The van der Waals surface area contributed by atoms with Crippen LogP contribution in [-0.4, -0.2) is 34.5 Å². The number of nitrogens with zero attached hydrogens (tertiary/aromatic N) is 3. The van der Waals surface area contributed by atoms with Crippen molar-refractivity contribution >= 4 is 31.7 Å². The Morgan fingerprint density at radius 1 is 1.45 bits per heavy atom. The molecule has 2 aromatic rings. The lowest BCUT2D eigenvalue weighted by Crippen LogP contribution is -2.11. The number of carbonyl (C=O) groups is 1. The molecule has 0 saturated carbocycles. The summed E-state index contributed by atoms with van der Waals surface area (Å²) in [6.07, 6.45) is 1.47. The van der Waals surface area contributed by atoms with Crippen molar-refractivity contribution in [3.05, 3.63) is 40.1 Å². The van der Waals surface area contributed by atoms with Crippen LogP contribution < -0.4 is 0 Å². The molecule has 0 spiro atoms. The summed E-state index contributed by atoms with van der Waals surface area (Å²) in [6.45, 7) is 0. The minimum Gasteiger partial charge on any atom is -0.478 e. The smallest absolute Gasteiger partial charge is 0.337 e. The van der Waals surface area contributed by atoms with Gasteiger partial charge in [0.05, 0.1) is 16.2 Å². The molecule has 0 saturated heterocycles. The first-order valence-corrected chi connectivity index (χ1v) is 7.85. The van der Waals surface area contributed by atoms with Crippen LogP contribution in [0.2, 0.25) is 0 Å². The highest BCUT2D eigenvalue weighted by Gasteiger charge is 2.24. The highest BCUT2D eigenvalue weighted by molar-refractivity contribution is 9.10. The number of halogens is 1. The predicted molar refractivity (Wildman–Crippen MR) is 73.0 cm³/mol. The van der Waals surface area contributed by atoms with Gasteiger partial charge in [0, 0.05) is 17.7 Å². The topological polar surface area (TPSA) is 102 Å². The standard InChI is InChI=1S/C11H10BrN3O4S/c1-15-5-8(13-14-15)6-20(18,19)10-4-7(12)2-3-9(10)11(16)17/h2-5H,6H2,1H3,(H,16,17). The Bertz CT molecular complexity index is 770. The number of hydrogen-bond acceptors (Lipinski definition) is 5. The van der Waals surface area contributed by atoms with E-state index < -0.39 is 21.6 Å². The number of aromatic nitrogens is 3. The van der Waals surface area contributed by atoms with Gasteiger partial charge < -0.3 is 5.11 Å². The van der Waals surface area contributed by atoms with Gasteiger partial charge in [-0.1, -0.05) is 21.1 Å². The normalized spacial score (nSPS) is 11.5. The molecular formula is C11H10BrN3O4S. The summed E-state index contributed by atoms with van der Waals surface area (Å²) in [5.41, 5.74) is -0.0131. The minimum absolute atomic E-state index is 0.245. The molecule has 0 bridgehead atoms. The Hall–Kier alpha value is -1.74. The summed E-state index contributed by atoms with van der Waals surface area (Å²) in [6, 6.07) is 4.00. The molecule has 1 aromatic heterocycles. The second-order valence-corrected chi connectivity index (χ2v) is 6.96. The third-order valence-corrected chi connectivity index (χ3v) is 4.67. The van der Waals surface area contributed by atoms with Gasteiger partial charge in [0.1, 0.15) is 5.75 Å². The molecule has 9 heteroatoms. The van der Waals surface area contributed by atoms with Gasteiger partial charge in [0.2, 0.25) is 0 Å². The van der Waals surface area contributed by atoms with Gasteiger partial charge in [-0.15, -0.1) is 5.10 Å². The molecule has 0 aliphatic carbocycles. The van der Waals surface area contributed by atoms with Gasteiger partial charge in [-0.25, -0.2) is 13.2 Å². The predicted octanol–water partition coefficient (Wildman–Crippen LogP) is 1.25. The van der Waals surface area contributed by atoms with Gasteiger partial charge in [-0.2, -0.15) is 0 Å². The van der Waals surface area contributed by atoms with E-state index >= 15 is 0 Å². The van der Waals surface area contributed by atoms with Crippen LogP contribution in [0, 0.1) is 0 Å². The van der Waals surface area contributed by atoms with E-state index in [1.54, 1.807) is 7.05 Å². The molecule has 0 radical (unpaired) electrons. The number of rotatable bonds is 4. The second kappa shape index (κ2) is 5.33. The molecule has 0 atom stereocenters. The highest BCUT2D eigenvalue weighted by Crippen LogP contribution is 2.24. The lowest BCUT2D eigenvalue weighted by atomic mass is 10.2. The van der Waals surface area contributed by atoms with E-state index in [0.29, 0.717) is 4.47 Å². The monoisotopic (exact) mass is 359 g/mol. The molecule has 1 aromatic carbocycles. The zero-order valence-electron chi connectivity index (χ0n) is 10.3. The fourth-order valence-corrected chi connectivity index (χ4v) is 3.65. The molecule has 0 amide bonds. The van der Waals surface area contributed by atoms with Crippen molar-refractivity contribution in [3.63, 3.8) is 0 Å². The van der Waals surface area contributed by atoms with Crippen LogP contribution in [0.5, 0.6) is 0 Å². The lowest BCUT2D eigenvalue weighted by molar-refractivity contribution is 0.0692. The third kappa shape index (κ3) is 3.05. The van der Waals surface area contributed by atoms with E-state index in [1.165, 1.54) is 29.1 Å². The summed E-state index contributed by atoms with van der Waals surface area (Å²) >= 11 is 3.14. The van der Waals surface area contributed by atoms with Crippen LogP contribution in [0.3, 0.4) is 0 Å². The molecule has 7 nitrogen and oxygen atoms in total. The van der Waals surface area contributed by atoms with Gasteiger partial charge in [-0.05, 0) is 18.2 Å². The third-order valence-electron chi connectivity index (χ3n) is 2.50. The summed E-state index contributed by atoms with van der Waals surface area (Å²) in [5.74, 6) is -1.70. The van der Waals surface area contributed by atoms with Crippen LogP contribution in [0.25, 0.3) is 0 Å². The SMILES string of the molecule is Cn1cc(CS(=O)(=O)c2cc(Br)ccc2C(=O)O)nn1. The van der Waals surface area contributed by atoms with E-state index in [9.17, 15) is 13.2 Å². The quantitative estimate of drug-likeness (QED) is 0.881. The van der Waals surface area contributed by atoms with Crippen molar-refractivity contribution in [2.75, 3.05) is 0 Å². The first-order valence-electron chi connectivity index (χ1n) is 5.40. The van der Waals surface area contributed by atoms with E-state index in [4.69, 9.17) is 5.11 Å². The van der Waals surface area contributed by atoms with E-state index in [1.807, 2.05) is 0 Å². The van der Waals surface area contributed by atoms with Gasteiger partial charge in [0.15, 0.2) is 9.84 Å². The fourth-order valence-electron chi connectivity index (χ4n) is 1.66. The Labute approximate surface area is 123 Å². The van der Waals surface area contributed by atoms with Crippen molar-refractivity contribution in [2.45, 2.75) is 10.6 Å². The van der Waals surface area contributed by atoms with Crippen LogP contribution in [0.1, 0.15) is 16.1 Å². The largest absolute Gasteiger partial charge is 0.478 e. The van der Waals surface area contributed by atoms with Gasteiger partial charge in [-0.3, -0.25) is 4.68 Å². The van der Waals surface area contributed by atoms with Crippen molar-refractivity contribution in [2.24, 2.45) is 7.05 Å². The lowest BCUT2D eigenvalue weighted by Gasteiger charge is -2.07. The molecule has 1 N–H and O–H groups in total. The first kappa shape index (κ1) is 14.7. The summed E-state index contributed by atoms with van der Waals surface area (Å²) in [7, 11) is -2.21. The van der Waals surface area contributed by atoms with Crippen molar-refractivity contribution in [1.82, 2.24) is 15.0 Å². The highest BCUT2D eigenvalue weighted by atomic mass is 79.9. The van der Waals surface area contributed by atoms with Crippen LogP contribution in [0.4, 0.5) is 0 Å². The van der Waals surface area contributed by atoms with E-state index in [-0.39, 0.29) is 16.2 Å². The Kier molecular flexibility index (Phi) is 3.91. The summed E-state index contributed by atoms with van der Waals surface area (Å²) in [5, 5.41) is 16.4. The average molecular weight is 360 g/mol. The average Bonchev–Trinajstić information content (AvgIpc) is 2.73. The second-order valence-electron chi connectivity index (χ2n) is 4.09. The number of hydrogen-bond donors (Lipinski definition) is 1. The summed E-state index contributed by atoms with van der Waals surface area (Å²) in [4.78, 5) is 10.9. The van der Waals surface area contributed by atoms with Crippen molar-refractivity contribution < 1.29 is 18.3 Å². The zero-order valence-corrected chi connectivity index (χ0v) is 12.7. The molecule has 0 unspecified atom stereocenters. The van der Waals surface area contributed by atoms with Gasteiger partial charge >= 0.3 is 5.97 Å². The maximum Gasteiger partial charge on any atom is 0.337 e. The molecule has 0 aliphatic heterocycles. The Balaban J connectivity index is 2.48. The van der Waals surface area contributed by atoms with Crippen LogP contribution in [-0.2, 0) is 22.6 Å². The van der Waals surface area contributed by atoms with E-state index in [0.717, 1.165) is 0 Å². The zero-order chi connectivity index (χ0) is 14.9. The molecule has 2 rings (SSSR count). The minimum atomic E-state index is -3.82. The fraction of sp³-hybridized carbons (Fsp3) is 0.182. The molecular weight excluding hydrogens is 350 g/mol. The first-order chi connectivity index (χ1) is 9.29.